The van der Waals surface area contributed by atoms with Crippen LogP contribution in [0.3, 0.4) is 0 Å². The lowest BCUT2D eigenvalue weighted by molar-refractivity contribution is -0.189. The van der Waals surface area contributed by atoms with Crippen LogP contribution in [0.15, 0.2) is 24.3 Å². The maximum atomic E-state index is 9.63. The average molecular weight is 285 g/mol. The van der Waals surface area contributed by atoms with Gasteiger partial charge in [-0.05, 0) is 12.5 Å². The monoisotopic (exact) mass is 284 g/mol. The van der Waals surface area contributed by atoms with Gasteiger partial charge in [-0.1, -0.05) is 29.8 Å². The van der Waals surface area contributed by atoms with Crippen molar-refractivity contribution in [2.45, 2.75) is 30.8 Å². The highest BCUT2D eigenvalue weighted by molar-refractivity contribution is 6.31. The van der Waals surface area contributed by atoms with Gasteiger partial charge in [0.2, 0.25) is 0 Å². The van der Waals surface area contributed by atoms with E-state index >= 15 is 0 Å². The molecule has 0 bridgehead atoms. The van der Waals surface area contributed by atoms with Crippen molar-refractivity contribution >= 4 is 11.6 Å². The molecule has 1 N–H and O–H groups in total. The molecule has 104 valence electrons. The van der Waals surface area contributed by atoms with Crippen molar-refractivity contribution in [1.29, 1.82) is 0 Å². The second-order valence-corrected chi connectivity index (χ2v) is 5.38. The van der Waals surface area contributed by atoms with Crippen molar-refractivity contribution in [2.24, 2.45) is 0 Å². The SMILES string of the molecule is OC[C@@]1(CC2OCCCO2)O[C@H]1c1ccccc1Cl. The van der Waals surface area contributed by atoms with Crippen LogP contribution >= 0.6 is 11.6 Å². The molecule has 0 unspecified atom stereocenters. The number of hydrogen-bond donors (Lipinski definition) is 1. The molecule has 2 aliphatic heterocycles. The smallest absolute Gasteiger partial charge is 0.160 e. The van der Waals surface area contributed by atoms with Crippen LogP contribution in [-0.2, 0) is 14.2 Å². The summed E-state index contributed by atoms with van der Waals surface area (Å²) in [5, 5.41) is 10.3. The number of rotatable bonds is 4. The molecule has 4 nitrogen and oxygen atoms in total. The zero-order chi connectivity index (χ0) is 13.3. The Bertz CT molecular complexity index is 447. The zero-order valence-corrected chi connectivity index (χ0v) is 11.3. The van der Waals surface area contributed by atoms with E-state index in [1.165, 1.54) is 0 Å². The Hall–Kier alpha value is -0.650. The Labute approximate surface area is 117 Å². The molecule has 2 heterocycles. The van der Waals surface area contributed by atoms with Crippen molar-refractivity contribution in [3.05, 3.63) is 34.9 Å². The van der Waals surface area contributed by atoms with E-state index in [0.29, 0.717) is 24.7 Å². The first-order chi connectivity index (χ1) is 9.25. The summed E-state index contributed by atoms with van der Waals surface area (Å²) in [6.45, 7) is 1.33. The van der Waals surface area contributed by atoms with Crippen LogP contribution in [0.5, 0.6) is 0 Å². The molecule has 0 aromatic heterocycles. The van der Waals surface area contributed by atoms with E-state index in [-0.39, 0.29) is 19.0 Å². The van der Waals surface area contributed by atoms with Crippen LogP contribution in [0, 0.1) is 0 Å². The highest BCUT2D eigenvalue weighted by atomic mass is 35.5. The van der Waals surface area contributed by atoms with E-state index in [1.54, 1.807) is 0 Å². The number of aliphatic hydroxyl groups is 1. The van der Waals surface area contributed by atoms with Gasteiger partial charge in [0.25, 0.3) is 0 Å². The third kappa shape index (κ3) is 2.64. The Kier molecular flexibility index (Phi) is 3.78. The van der Waals surface area contributed by atoms with Gasteiger partial charge in [-0.25, -0.2) is 0 Å². The summed E-state index contributed by atoms with van der Waals surface area (Å²) in [7, 11) is 0. The number of aliphatic hydroxyl groups excluding tert-OH is 1. The Morgan fingerprint density at radius 3 is 2.68 bits per heavy atom. The molecule has 0 saturated carbocycles. The van der Waals surface area contributed by atoms with Crippen LogP contribution in [0.2, 0.25) is 5.02 Å². The molecule has 1 aromatic carbocycles. The summed E-state index contributed by atoms with van der Waals surface area (Å²) in [6, 6.07) is 7.54. The van der Waals surface area contributed by atoms with Crippen molar-refractivity contribution in [2.75, 3.05) is 19.8 Å². The molecule has 0 spiro atoms. The summed E-state index contributed by atoms with van der Waals surface area (Å²) in [5.74, 6) is 0. The first-order valence-electron chi connectivity index (χ1n) is 6.51. The fourth-order valence-electron chi connectivity index (χ4n) is 2.51. The standard InChI is InChI=1S/C14H17ClO4/c15-11-5-2-1-4-10(11)13-14(9-16,19-13)8-12-17-6-3-7-18-12/h1-2,4-5,12-13,16H,3,6-9H2/t13-,14+/m0/s1. The van der Waals surface area contributed by atoms with E-state index in [1.807, 2.05) is 24.3 Å². The van der Waals surface area contributed by atoms with E-state index < -0.39 is 5.60 Å². The lowest BCUT2D eigenvalue weighted by Gasteiger charge is -2.25. The van der Waals surface area contributed by atoms with Gasteiger partial charge in [-0.2, -0.15) is 0 Å². The van der Waals surface area contributed by atoms with Gasteiger partial charge in [0.15, 0.2) is 6.29 Å². The first-order valence-corrected chi connectivity index (χ1v) is 6.89. The minimum absolute atomic E-state index is 0.0634. The van der Waals surface area contributed by atoms with Crippen molar-refractivity contribution in [3.63, 3.8) is 0 Å². The summed E-state index contributed by atoms with van der Waals surface area (Å²) in [5.41, 5.74) is 0.293. The lowest BCUT2D eigenvalue weighted by Crippen LogP contribution is -2.32. The third-order valence-corrected chi connectivity index (χ3v) is 3.98. The van der Waals surface area contributed by atoms with Gasteiger partial charge >= 0.3 is 0 Å². The van der Waals surface area contributed by atoms with Gasteiger partial charge in [0, 0.05) is 17.0 Å². The fraction of sp³-hybridized carbons (Fsp3) is 0.571. The van der Waals surface area contributed by atoms with Crippen molar-refractivity contribution in [1.82, 2.24) is 0 Å². The fourth-order valence-corrected chi connectivity index (χ4v) is 2.75. The predicted octanol–water partition coefficient (Wildman–Crippen LogP) is 2.30. The number of hydrogen-bond acceptors (Lipinski definition) is 4. The molecule has 2 atom stereocenters. The van der Waals surface area contributed by atoms with Gasteiger partial charge in [0.1, 0.15) is 11.7 Å². The highest BCUT2D eigenvalue weighted by Gasteiger charge is 2.58. The summed E-state index contributed by atoms with van der Waals surface area (Å²) >= 11 is 6.16. The molecule has 19 heavy (non-hydrogen) atoms. The highest BCUT2D eigenvalue weighted by Crippen LogP contribution is 2.54. The number of halogens is 1. The van der Waals surface area contributed by atoms with Gasteiger partial charge in [-0.3, -0.25) is 0 Å². The summed E-state index contributed by atoms with van der Waals surface area (Å²) in [4.78, 5) is 0. The maximum Gasteiger partial charge on any atom is 0.160 e. The maximum absolute atomic E-state index is 9.63. The molecule has 1 aromatic rings. The quantitative estimate of drug-likeness (QED) is 0.862. The van der Waals surface area contributed by atoms with E-state index in [9.17, 15) is 5.11 Å². The Balaban J connectivity index is 1.71. The second kappa shape index (κ2) is 5.38. The van der Waals surface area contributed by atoms with Crippen LogP contribution in [0.25, 0.3) is 0 Å². The minimum atomic E-state index is -0.618. The Morgan fingerprint density at radius 1 is 1.26 bits per heavy atom. The molecular weight excluding hydrogens is 268 g/mol. The molecule has 5 heteroatoms. The predicted molar refractivity (Wildman–Crippen MR) is 70.0 cm³/mol. The normalized spacial score (nSPS) is 31.4. The molecule has 2 fully saturated rings. The van der Waals surface area contributed by atoms with Gasteiger partial charge in [-0.15, -0.1) is 0 Å². The molecule has 0 radical (unpaired) electrons. The molecule has 2 aliphatic rings. The Morgan fingerprint density at radius 2 is 2.00 bits per heavy atom. The molecule has 3 rings (SSSR count). The van der Waals surface area contributed by atoms with Gasteiger partial charge < -0.3 is 19.3 Å². The lowest BCUT2D eigenvalue weighted by atomic mass is 9.96. The van der Waals surface area contributed by atoms with Crippen molar-refractivity contribution in [3.8, 4) is 0 Å². The topological polar surface area (TPSA) is 51.2 Å². The van der Waals surface area contributed by atoms with E-state index in [4.69, 9.17) is 25.8 Å². The first kappa shape index (κ1) is 13.3. The number of benzene rings is 1. The molecule has 0 amide bonds. The number of epoxide rings is 1. The van der Waals surface area contributed by atoms with E-state index in [0.717, 1.165) is 12.0 Å². The zero-order valence-electron chi connectivity index (χ0n) is 10.5. The van der Waals surface area contributed by atoms with Gasteiger partial charge in [0.05, 0.1) is 19.8 Å². The second-order valence-electron chi connectivity index (χ2n) is 4.97. The van der Waals surface area contributed by atoms with Crippen LogP contribution in [0.1, 0.15) is 24.5 Å². The van der Waals surface area contributed by atoms with Crippen LogP contribution in [-0.4, -0.2) is 36.8 Å². The van der Waals surface area contributed by atoms with Crippen LogP contribution < -0.4 is 0 Å². The molecule has 2 saturated heterocycles. The minimum Gasteiger partial charge on any atom is -0.393 e. The average Bonchev–Trinajstić information content (AvgIpc) is 3.15. The van der Waals surface area contributed by atoms with Crippen molar-refractivity contribution < 1.29 is 19.3 Å². The van der Waals surface area contributed by atoms with Crippen LogP contribution in [0.4, 0.5) is 0 Å². The molecular formula is C14H17ClO4. The number of ether oxygens (including phenoxy) is 3. The third-order valence-electron chi connectivity index (χ3n) is 3.64. The summed E-state index contributed by atoms with van der Waals surface area (Å²) < 4.78 is 16.8. The largest absolute Gasteiger partial charge is 0.393 e. The summed E-state index contributed by atoms with van der Waals surface area (Å²) in [6.07, 6.45) is 0.963. The molecule has 0 aliphatic carbocycles. The van der Waals surface area contributed by atoms with E-state index in [2.05, 4.69) is 0 Å².